The summed E-state index contributed by atoms with van der Waals surface area (Å²) in [6.45, 7) is 3.28. The lowest BCUT2D eigenvalue weighted by Gasteiger charge is -2.36. The number of piperazine rings is 1. The van der Waals surface area contributed by atoms with Gasteiger partial charge < -0.3 is 15.4 Å². The summed E-state index contributed by atoms with van der Waals surface area (Å²) in [6.07, 6.45) is 2.07. The predicted octanol–water partition coefficient (Wildman–Crippen LogP) is -1.24. The SMILES string of the molecule is CCOC1CC(NC(=O)C2CNC(=O)CN2)C1. The van der Waals surface area contributed by atoms with Crippen molar-refractivity contribution in [1.29, 1.82) is 0 Å². The van der Waals surface area contributed by atoms with Crippen LogP contribution in [0.3, 0.4) is 0 Å². The first kappa shape index (κ1) is 12.3. The van der Waals surface area contributed by atoms with E-state index in [4.69, 9.17) is 4.74 Å². The van der Waals surface area contributed by atoms with Crippen LogP contribution in [-0.2, 0) is 14.3 Å². The molecule has 0 bridgehead atoms. The van der Waals surface area contributed by atoms with Gasteiger partial charge >= 0.3 is 0 Å². The van der Waals surface area contributed by atoms with E-state index in [2.05, 4.69) is 16.0 Å². The van der Waals surface area contributed by atoms with Gasteiger partial charge in [0.25, 0.3) is 0 Å². The molecule has 2 aliphatic rings. The molecule has 1 saturated heterocycles. The van der Waals surface area contributed by atoms with Crippen LogP contribution in [0.2, 0.25) is 0 Å². The molecule has 0 aromatic heterocycles. The third-order valence-corrected chi connectivity index (χ3v) is 3.17. The Labute approximate surface area is 100 Å². The zero-order chi connectivity index (χ0) is 12.3. The van der Waals surface area contributed by atoms with Crippen LogP contribution in [0, 0.1) is 0 Å². The number of hydrogen-bond acceptors (Lipinski definition) is 4. The molecule has 1 aliphatic carbocycles. The van der Waals surface area contributed by atoms with Crippen molar-refractivity contribution in [2.24, 2.45) is 0 Å². The van der Waals surface area contributed by atoms with Gasteiger partial charge in [-0.25, -0.2) is 0 Å². The van der Waals surface area contributed by atoms with Gasteiger partial charge in [-0.3, -0.25) is 14.9 Å². The monoisotopic (exact) mass is 241 g/mol. The van der Waals surface area contributed by atoms with Crippen LogP contribution in [0.5, 0.6) is 0 Å². The average molecular weight is 241 g/mol. The van der Waals surface area contributed by atoms with E-state index in [-0.39, 0.29) is 30.4 Å². The third kappa shape index (κ3) is 3.17. The minimum Gasteiger partial charge on any atom is -0.378 e. The Balaban J connectivity index is 1.66. The van der Waals surface area contributed by atoms with E-state index in [1.54, 1.807) is 0 Å². The van der Waals surface area contributed by atoms with Gasteiger partial charge in [0, 0.05) is 19.2 Å². The van der Waals surface area contributed by atoms with E-state index in [1.165, 1.54) is 0 Å². The fourth-order valence-corrected chi connectivity index (χ4v) is 2.11. The summed E-state index contributed by atoms with van der Waals surface area (Å²) >= 11 is 0. The van der Waals surface area contributed by atoms with Crippen LogP contribution in [0.1, 0.15) is 19.8 Å². The van der Waals surface area contributed by atoms with E-state index in [0.29, 0.717) is 12.6 Å². The Morgan fingerprint density at radius 1 is 1.53 bits per heavy atom. The van der Waals surface area contributed by atoms with Crippen molar-refractivity contribution in [1.82, 2.24) is 16.0 Å². The van der Waals surface area contributed by atoms with Crippen molar-refractivity contribution in [3.63, 3.8) is 0 Å². The zero-order valence-corrected chi connectivity index (χ0v) is 9.99. The van der Waals surface area contributed by atoms with Crippen LogP contribution in [0.25, 0.3) is 0 Å². The number of amides is 2. The Hall–Kier alpha value is -1.14. The second kappa shape index (κ2) is 5.46. The molecule has 96 valence electrons. The number of carbonyl (C=O) groups is 2. The molecule has 0 aromatic carbocycles. The molecular formula is C11H19N3O3. The summed E-state index contributed by atoms with van der Waals surface area (Å²) in [7, 11) is 0. The van der Waals surface area contributed by atoms with Crippen molar-refractivity contribution in [3.05, 3.63) is 0 Å². The van der Waals surface area contributed by atoms with E-state index < -0.39 is 0 Å². The summed E-state index contributed by atoms with van der Waals surface area (Å²) in [4.78, 5) is 22.7. The standard InChI is InChI=1S/C11H19N3O3/c1-2-17-8-3-7(4-8)14-11(16)9-5-13-10(15)6-12-9/h7-9,12H,2-6H2,1H3,(H,13,15)(H,14,16). The maximum Gasteiger partial charge on any atom is 0.239 e. The molecule has 2 amide bonds. The summed E-state index contributed by atoms with van der Waals surface area (Å²) in [6, 6.07) is -0.0858. The largest absolute Gasteiger partial charge is 0.378 e. The molecule has 6 nitrogen and oxygen atoms in total. The van der Waals surface area contributed by atoms with Gasteiger partial charge in [0.15, 0.2) is 0 Å². The molecular weight excluding hydrogens is 222 g/mol. The van der Waals surface area contributed by atoms with Gasteiger partial charge in [0.1, 0.15) is 6.04 Å². The van der Waals surface area contributed by atoms with Crippen LogP contribution in [0.15, 0.2) is 0 Å². The quantitative estimate of drug-likeness (QED) is 0.575. The highest BCUT2D eigenvalue weighted by atomic mass is 16.5. The first-order valence-corrected chi connectivity index (χ1v) is 6.11. The molecule has 3 N–H and O–H groups in total. The molecule has 17 heavy (non-hydrogen) atoms. The lowest BCUT2D eigenvalue weighted by Crippen LogP contribution is -2.60. The molecule has 2 rings (SSSR count). The Bertz CT molecular complexity index is 292. The van der Waals surface area contributed by atoms with Crippen LogP contribution < -0.4 is 16.0 Å². The highest BCUT2D eigenvalue weighted by Crippen LogP contribution is 2.23. The highest BCUT2D eigenvalue weighted by molar-refractivity contribution is 5.86. The lowest BCUT2D eigenvalue weighted by atomic mass is 9.89. The van der Waals surface area contributed by atoms with Crippen LogP contribution >= 0.6 is 0 Å². The lowest BCUT2D eigenvalue weighted by molar-refractivity contribution is -0.128. The molecule has 2 fully saturated rings. The van der Waals surface area contributed by atoms with Crippen LogP contribution in [0.4, 0.5) is 0 Å². The fraction of sp³-hybridized carbons (Fsp3) is 0.818. The Morgan fingerprint density at radius 3 is 2.88 bits per heavy atom. The van der Waals surface area contributed by atoms with E-state index in [1.807, 2.05) is 6.92 Å². The van der Waals surface area contributed by atoms with Gasteiger partial charge in [0.05, 0.1) is 12.6 Å². The minimum absolute atomic E-state index is 0.0371. The van der Waals surface area contributed by atoms with E-state index >= 15 is 0 Å². The molecule has 0 aromatic rings. The van der Waals surface area contributed by atoms with Gasteiger partial charge in [-0.1, -0.05) is 0 Å². The average Bonchev–Trinajstić information content (AvgIpc) is 2.27. The first-order chi connectivity index (χ1) is 8.19. The molecule has 1 heterocycles. The maximum atomic E-state index is 11.8. The van der Waals surface area contributed by atoms with Crippen molar-refractivity contribution >= 4 is 11.8 Å². The summed E-state index contributed by atoms with van der Waals surface area (Å²) in [5.74, 6) is -0.0981. The third-order valence-electron chi connectivity index (χ3n) is 3.17. The number of rotatable bonds is 4. The molecule has 1 atom stereocenters. The molecule has 6 heteroatoms. The molecule has 1 saturated carbocycles. The highest BCUT2D eigenvalue weighted by Gasteiger charge is 2.33. The smallest absolute Gasteiger partial charge is 0.239 e. The van der Waals surface area contributed by atoms with E-state index in [0.717, 1.165) is 19.4 Å². The number of ether oxygens (including phenoxy) is 1. The van der Waals surface area contributed by atoms with Gasteiger partial charge in [-0.05, 0) is 19.8 Å². The minimum atomic E-state index is -0.307. The van der Waals surface area contributed by atoms with Crippen molar-refractivity contribution in [2.45, 2.75) is 38.0 Å². The topological polar surface area (TPSA) is 79.5 Å². The molecule has 0 radical (unpaired) electrons. The summed E-state index contributed by atoms with van der Waals surface area (Å²) < 4.78 is 5.43. The molecule has 1 unspecified atom stereocenters. The van der Waals surface area contributed by atoms with Gasteiger partial charge in [0.2, 0.25) is 11.8 Å². The number of nitrogens with one attached hydrogen (secondary N) is 3. The number of carbonyl (C=O) groups excluding carboxylic acids is 2. The zero-order valence-electron chi connectivity index (χ0n) is 9.99. The predicted molar refractivity (Wildman–Crippen MR) is 61.4 cm³/mol. The summed E-state index contributed by atoms with van der Waals surface area (Å²) in [5, 5.41) is 8.52. The first-order valence-electron chi connectivity index (χ1n) is 6.11. The second-order valence-electron chi connectivity index (χ2n) is 4.49. The normalized spacial score (nSPS) is 32.5. The van der Waals surface area contributed by atoms with Crippen LogP contribution in [-0.4, -0.2) is 49.7 Å². The fourth-order valence-electron chi connectivity index (χ4n) is 2.11. The van der Waals surface area contributed by atoms with Crippen molar-refractivity contribution in [2.75, 3.05) is 19.7 Å². The van der Waals surface area contributed by atoms with E-state index in [9.17, 15) is 9.59 Å². The summed E-state index contributed by atoms with van der Waals surface area (Å²) in [5.41, 5.74) is 0. The number of hydrogen-bond donors (Lipinski definition) is 3. The Morgan fingerprint density at radius 2 is 2.29 bits per heavy atom. The second-order valence-corrected chi connectivity index (χ2v) is 4.49. The van der Waals surface area contributed by atoms with Crippen molar-refractivity contribution < 1.29 is 14.3 Å². The molecule has 1 aliphatic heterocycles. The van der Waals surface area contributed by atoms with Gasteiger partial charge in [-0.15, -0.1) is 0 Å². The maximum absolute atomic E-state index is 11.8. The Kier molecular flexibility index (Phi) is 3.96. The molecule has 0 spiro atoms. The van der Waals surface area contributed by atoms with Gasteiger partial charge in [-0.2, -0.15) is 0 Å². The van der Waals surface area contributed by atoms with Crippen molar-refractivity contribution in [3.8, 4) is 0 Å².